The van der Waals surface area contributed by atoms with E-state index in [1.165, 1.54) is 0 Å². The van der Waals surface area contributed by atoms with E-state index in [9.17, 15) is 8.94 Å². The topological polar surface area (TPSA) is 48.2 Å². The summed E-state index contributed by atoms with van der Waals surface area (Å²) in [6, 6.07) is 5.29. The molecule has 0 saturated carbocycles. The van der Waals surface area contributed by atoms with Crippen LogP contribution in [-0.2, 0) is 11.4 Å². The van der Waals surface area contributed by atoms with Crippen LogP contribution in [0.3, 0.4) is 0 Å². The molecule has 0 aliphatic rings. The quantitative estimate of drug-likeness (QED) is 0.871. The summed E-state index contributed by atoms with van der Waals surface area (Å²) in [6.45, 7) is 7.54. The fraction of sp³-hybridized carbons (Fsp3) is 0.333. The van der Waals surface area contributed by atoms with Gasteiger partial charge in [0.25, 0.3) is 0 Å². The lowest BCUT2D eigenvalue weighted by atomic mass is 10.1. The molecule has 108 valence electrons. The minimum atomic E-state index is -1.19. The van der Waals surface area contributed by atoms with Crippen molar-refractivity contribution < 1.29 is 13.4 Å². The fourth-order valence-corrected chi connectivity index (χ4v) is 2.37. The van der Waals surface area contributed by atoms with E-state index in [4.69, 9.17) is 4.42 Å². The van der Waals surface area contributed by atoms with Gasteiger partial charge in [0.15, 0.2) is 5.82 Å². The first kappa shape index (κ1) is 14.9. The molecule has 0 aliphatic heterocycles. The van der Waals surface area contributed by atoms with E-state index in [0.29, 0.717) is 11.0 Å². The zero-order valence-electron chi connectivity index (χ0n) is 12.0. The molecule has 2 aromatic rings. The van der Waals surface area contributed by atoms with Crippen LogP contribution in [0.2, 0.25) is 0 Å². The minimum Gasteiger partial charge on any atom is -0.593 e. The average Bonchev–Trinajstić information content (AvgIpc) is 2.76. The molecule has 0 amide bonds. The Balaban J connectivity index is 2.30. The second-order valence-corrected chi connectivity index (χ2v) is 7.59. The molecule has 1 aromatic heterocycles. The van der Waals surface area contributed by atoms with E-state index < -0.39 is 11.4 Å². The van der Waals surface area contributed by atoms with Crippen LogP contribution in [0.4, 0.5) is 4.39 Å². The van der Waals surface area contributed by atoms with Gasteiger partial charge in [0.05, 0.1) is 16.7 Å². The van der Waals surface area contributed by atoms with Crippen molar-refractivity contribution in [2.24, 2.45) is 0 Å². The Kier molecular flexibility index (Phi) is 4.11. The van der Waals surface area contributed by atoms with E-state index in [-0.39, 0.29) is 10.6 Å². The highest BCUT2D eigenvalue weighted by molar-refractivity contribution is 7.90. The molecule has 2 rings (SSSR count). The molecule has 3 nitrogen and oxygen atoms in total. The Bertz CT molecular complexity index is 643. The third-order valence-corrected chi connectivity index (χ3v) is 4.36. The zero-order valence-corrected chi connectivity index (χ0v) is 12.8. The first-order chi connectivity index (χ1) is 9.30. The zero-order chi connectivity index (χ0) is 14.9. The summed E-state index contributed by atoms with van der Waals surface area (Å²) >= 11 is -1.19. The summed E-state index contributed by atoms with van der Waals surface area (Å²) in [5.41, 5.74) is 2.12. The van der Waals surface area contributed by atoms with Crippen LogP contribution in [0, 0.1) is 5.82 Å². The second kappa shape index (κ2) is 5.50. The van der Waals surface area contributed by atoms with E-state index in [1.807, 2.05) is 33.8 Å². The number of nitrogens with one attached hydrogen (secondary N) is 1. The summed E-state index contributed by atoms with van der Waals surface area (Å²) in [4.78, 5) is 0. The molecule has 0 saturated heterocycles. The number of benzene rings is 1. The van der Waals surface area contributed by atoms with Crippen molar-refractivity contribution in [1.82, 2.24) is 4.72 Å². The first-order valence-corrected chi connectivity index (χ1v) is 7.46. The molecular formula is C15H18FNO2S. The maximum atomic E-state index is 13.5. The van der Waals surface area contributed by atoms with Gasteiger partial charge in [0.2, 0.25) is 0 Å². The van der Waals surface area contributed by atoms with E-state index in [1.54, 1.807) is 18.3 Å². The van der Waals surface area contributed by atoms with Gasteiger partial charge >= 0.3 is 0 Å². The molecular weight excluding hydrogens is 277 g/mol. The van der Waals surface area contributed by atoms with E-state index in [0.717, 1.165) is 17.4 Å². The molecule has 0 aliphatic carbocycles. The first-order valence-electron chi connectivity index (χ1n) is 6.31. The number of fused-ring (bicyclic) bond motifs is 1. The Hall–Kier alpha value is -1.46. The lowest BCUT2D eigenvalue weighted by molar-refractivity contribution is 0.553. The molecule has 1 heterocycles. The van der Waals surface area contributed by atoms with Crippen LogP contribution in [0.25, 0.3) is 16.5 Å². The third-order valence-electron chi connectivity index (χ3n) is 2.92. The highest BCUT2D eigenvalue weighted by Crippen LogP contribution is 2.28. The average molecular weight is 295 g/mol. The molecule has 1 N–H and O–H groups in total. The maximum absolute atomic E-state index is 13.5. The molecule has 1 aromatic carbocycles. The van der Waals surface area contributed by atoms with Crippen molar-refractivity contribution in [3.63, 3.8) is 0 Å². The van der Waals surface area contributed by atoms with E-state index >= 15 is 0 Å². The number of furan rings is 1. The monoisotopic (exact) mass is 295 g/mol. The van der Waals surface area contributed by atoms with Gasteiger partial charge in [-0.15, -0.1) is 0 Å². The molecule has 5 heteroatoms. The van der Waals surface area contributed by atoms with Gasteiger partial charge in [-0.1, -0.05) is 12.1 Å². The number of rotatable bonds is 3. The molecule has 0 bridgehead atoms. The minimum absolute atomic E-state index is 0.348. The van der Waals surface area contributed by atoms with Gasteiger partial charge in [-0.25, -0.2) is 9.11 Å². The highest BCUT2D eigenvalue weighted by Gasteiger charge is 2.25. The van der Waals surface area contributed by atoms with Crippen molar-refractivity contribution in [2.45, 2.75) is 32.4 Å². The lowest BCUT2D eigenvalue weighted by Gasteiger charge is -2.22. The van der Waals surface area contributed by atoms with Crippen LogP contribution in [0.5, 0.6) is 0 Å². The smallest absolute Gasteiger partial charge is 0.169 e. The summed E-state index contributed by atoms with van der Waals surface area (Å²) < 4.78 is 33.2. The SMILES string of the molecule is C/C(=C\N[S@+]([O-])C(C)(C)C)c1cccc2c(F)coc12. The van der Waals surface area contributed by atoms with Crippen LogP contribution in [-0.4, -0.2) is 9.30 Å². The van der Waals surface area contributed by atoms with Crippen molar-refractivity contribution >= 4 is 27.9 Å². The Morgan fingerprint density at radius 2 is 2.10 bits per heavy atom. The highest BCUT2D eigenvalue weighted by atomic mass is 32.2. The van der Waals surface area contributed by atoms with Crippen molar-refractivity contribution in [3.05, 3.63) is 42.0 Å². The fourth-order valence-electron chi connectivity index (χ4n) is 1.73. The van der Waals surface area contributed by atoms with Gasteiger partial charge in [0, 0.05) is 11.8 Å². The number of allylic oxidation sites excluding steroid dienone is 1. The van der Waals surface area contributed by atoms with Gasteiger partial charge in [-0.2, -0.15) is 0 Å². The van der Waals surface area contributed by atoms with Crippen molar-refractivity contribution in [3.8, 4) is 0 Å². The lowest BCUT2D eigenvalue weighted by Crippen LogP contribution is -2.36. The number of hydrogen-bond donors (Lipinski definition) is 1. The molecule has 0 spiro atoms. The van der Waals surface area contributed by atoms with Gasteiger partial charge in [-0.3, -0.25) is 0 Å². The summed E-state index contributed by atoms with van der Waals surface area (Å²) in [5, 5.41) is 0.451. The van der Waals surface area contributed by atoms with Crippen LogP contribution < -0.4 is 4.72 Å². The second-order valence-electron chi connectivity index (χ2n) is 5.59. The normalized spacial score (nSPS) is 14.6. The Labute approximate surface area is 121 Å². The maximum Gasteiger partial charge on any atom is 0.169 e. The van der Waals surface area contributed by atoms with Gasteiger partial charge < -0.3 is 8.97 Å². The standard InChI is InChI=1S/C15H18FNO2S/c1-10(8-17-20(18)15(2,3)4)11-6-5-7-12-13(16)9-19-14(11)12/h5-9,17H,1-4H3/b10-8+/t20-/m1/s1. The van der Waals surface area contributed by atoms with Crippen molar-refractivity contribution in [1.29, 1.82) is 0 Å². The summed E-state index contributed by atoms with van der Waals surface area (Å²) in [6.07, 6.45) is 2.78. The predicted octanol–water partition coefficient (Wildman–Crippen LogP) is 3.98. The molecule has 0 radical (unpaired) electrons. The number of para-hydroxylation sites is 1. The molecule has 1 atom stereocenters. The molecule has 0 fully saturated rings. The molecule has 20 heavy (non-hydrogen) atoms. The van der Waals surface area contributed by atoms with Crippen LogP contribution in [0.1, 0.15) is 33.3 Å². The largest absolute Gasteiger partial charge is 0.593 e. The number of hydrogen-bond acceptors (Lipinski definition) is 3. The Morgan fingerprint density at radius 3 is 2.75 bits per heavy atom. The Morgan fingerprint density at radius 1 is 1.40 bits per heavy atom. The van der Waals surface area contributed by atoms with E-state index in [2.05, 4.69) is 4.72 Å². The van der Waals surface area contributed by atoms with Gasteiger partial charge in [-0.05, 0) is 39.3 Å². The summed E-state index contributed by atoms with van der Waals surface area (Å²) in [5.74, 6) is -0.374. The van der Waals surface area contributed by atoms with Crippen LogP contribution >= 0.6 is 0 Å². The molecule has 0 unspecified atom stereocenters. The summed E-state index contributed by atoms with van der Waals surface area (Å²) in [7, 11) is 0. The van der Waals surface area contributed by atoms with Crippen LogP contribution in [0.15, 0.2) is 35.1 Å². The van der Waals surface area contributed by atoms with Crippen molar-refractivity contribution in [2.75, 3.05) is 0 Å². The number of halogens is 1. The van der Waals surface area contributed by atoms with Gasteiger partial charge in [0.1, 0.15) is 16.6 Å². The third kappa shape index (κ3) is 2.99. The predicted molar refractivity (Wildman–Crippen MR) is 80.9 cm³/mol.